The maximum absolute atomic E-state index is 10.5. The van der Waals surface area contributed by atoms with Crippen LogP contribution in [0.15, 0.2) is 36.4 Å². The maximum Gasteiger partial charge on any atom is 0.303 e. The van der Waals surface area contributed by atoms with E-state index in [1.54, 1.807) is 24.3 Å². The molecule has 162 valence electrons. The minimum atomic E-state index is -0.897. The van der Waals surface area contributed by atoms with Crippen molar-refractivity contribution < 1.29 is 34.7 Å². The van der Waals surface area contributed by atoms with Crippen LogP contribution in [0.4, 0.5) is 0 Å². The van der Waals surface area contributed by atoms with Crippen molar-refractivity contribution in [1.29, 1.82) is 0 Å². The molecule has 0 spiro atoms. The van der Waals surface area contributed by atoms with E-state index in [0.29, 0.717) is 30.0 Å². The normalized spacial score (nSPS) is 25.4. The van der Waals surface area contributed by atoms with Crippen molar-refractivity contribution in [2.45, 2.75) is 56.5 Å². The second-order valence-corrected chi connectivity index (χ2v) is 7.68. The van der Waals surface area contributed by atoms with Crippen molar-refractivity contribution in [3.63, 3.8) is 0 Å². The maximum atomic E-state index is 10.5. The largest absolute Gasteiger partial charge is 0.491 e. The average molecular weight is 429 g/mol. The van der Waals surface area contributed by atoms with Crippen molar-refractivity contribution in [1.82, 2.24) is 0 Å². The first-order chi connectivity index (χ1) is 13.9. The Hall–Kier alpha value is -1.64. The molecule has 5 atom stereocenters. The molecule has 1 saturated carbocycles. The molecule has 1 aromatic carbocycles. The number of carboxylic acid groups (broad SMARTS) is 1. The van der Waals surface area contributed by atoms with Crippen LogP contribution in [0.5, 0.6) is 5.75 Å². The van der Waals surface area contributed by atoms with Crippen molar-refractivity contribution in [2.75, 3.05) is 13.2 Å². The predicted molar refractivity (Wildman–Crippen MR) is 108 cm³/mol. The first-order valence-electron chi connectivity index (χ1n) is 9.77. The number of allylic oxidation sites excluding steroid dienone is 2. The summed E-state index contributed by atoms with van der Waals surface area (Å²) in [5.41, 5.74) is 0. The van der Waals surface area contributed by atoms with Crippen molar-refractivity contribution in [3.05, 3.63) is 41.4 Å². The average Bonchev–Trinajstić information content (AvgIpc) is 2.93. The Balaban J connectivity index is 1.75. The Bertz CT molecular complexity index is 666. The second-order valence-electron chi connectivity index (χ2n) is 7.25. The molecule has 0 aliphatic heterocycles. The highest BCUT2D eigenvalue weighted by molar-refractivity contribution is 6.30. The van der Waals surface area contributed by atoms with E-state index in [9.17, 15) is 20.1 Å². The molecule has 4 N–H and O–H groups in total. The van der Waals surface area contributed by atoms with Gasteiger partial charge in [-0.15, -0.1) is 0 Å². The third kappa shape index (κ3) is 8.32. The Morgan fingerprint density at radius 1 is 1.24 bits per heavy atom. The third-order valence-corrected chi connectivity index (χ3v) is 5.07. The molecular formula is C21H29ClO7. The molecule has 0 radical (unpaired) electrons. The molecule has 0 unspecified atom stereocenters. The fourth-order valence-electron chi connectivity index (χ4n) is 3.35. The predicted octanol–water partition coefficient (Wildman–Crippen LogP) is 2.41. The zero-order valence-electron chi connectivity index (χ0n) is 16.2. The highest BCUT2D eigenvalue weighted by Gasteiger charge is 2.42. The summed E-state index contributed by atoms with van der Waals surface area (Å²) < 4.78 is 11.2. The lowest BCUT2D eigenvalue weighted by Crippen LogP contribution is -2.34. The van der Waals surface area contributed by atoms with E-state index in [4.69, 9.17) is 26.2 Å². The fourth-order valence-corrected chi connectivity index (χ4v) is 3.53. The van der Waals surface area contributed by atoms with Gasteiger partial charge in [0.05, 0.1) is 24.9 Å². The Kier molecular flexibility index (Phi) is 9.90. The summed E-state index contributed by atoms with van der Waals surface area (Å²) in [7, 11) is 0. The lowest BCUT2D eigenvalue weighted by Gasteiger charge is -2.24. The number of hydrogen-bond acceptors (Lipinski definition) is 6. The van der Waals surface area contributed by atoms with Crippen LogP contribution in [0.2, 0.25) is 5.02 Å². The number of carbonyl (C=O) groups is 1. The Labute approximate surface area is 175 Å². The smallest absolute Gasteiger partial charge is 0.303 e. The van der Waals surface area contributed by atoms with Gasteiger partial charge in [0, 0.05) is 23.8 Å². The number of ether oxygens (including phenoxy) is 2. The highest BCUT2D eigenvalue weighted by Crippen LogP contribution is 2.32. The van der Waals surface area contributed by atoms with E-state index in [0.717, 1.165) is 0 Å². The van der Waals surface area contributed by atoms with E-state index in [-0.39, 0.29) is 32.0 Å². The number of unbranched alkanes of at least 4 members (excludes halogenated alkanes) is 1. The van der Waals surface area contributed by atoms with Crippen LogP contribution in [-0.4, -0.2) is 64.0 Å². The fraction of sp³-hybridized carbons (Fsp3) is 0.571. The number of hydrogen-bond donors (Lipinski definition) is 4. The molecule has 1 aliphatic rings. The molecule has 0 saturated heterocycles. The van der Waals surface area contributed by atoms with Crippen LogP contribution in [-0.2, 0) is 9.53 Å². The van der Waals surface area contributed by atoms with E-state index in [2.05, 4.69) is 0 Å². The van der Waals surface area contributed by atoms with E-state index in [1.165, 1.54) is 0 Å². The van der Waals surface area contributed by atoms with Gasteiger partial charge in [-0.2, -0.15) is 0 Å². The lowest BCUT2D eigenvalue weighted by atomic mass is 9.98. The highest BCUT2D eigenvalue weighted by atomic mass is 35.5. The second kappa shape index (κ2) is 12.1. The third-order valence-electron chi connectivity index (χ3n) is 4.83. The standard InChI is InChI=1S/C21H29ClO7/c22-14-6-5-7-16(10-14)28-12-15(23)13-29-21-17(18(24)11-19(21)25)8-3-1-2-4-9-20(26)27/h1,3,5-7,10,15,17-19,21,23-25H,2,4,8-9,11-13H2,(H,26,27)/t15-,17-,18-,19+,21+/m0/s1. The molecule has 2 rings (SSSR count). The van der Waals surface area contributed by atoms with Gasteiger partial charge in [-0.05, 0) is 37.5 Å². The summed E-state index contributed by atoms with van der Waals surface area (Å²) in [6.45, 7) is -0.0201. The summed E-state index contributed by atoms with van der Waals surface area (Å²) >= 11 is 5.89. The van der Waals surface area contributed by atoms with E-state index >= 15 is 0 Å². The summed E-state index contributed by atoms with van der Waals surface area (Å²) in [5, 5.41) is 39.6. The van der Waals surface area contributed by atoms with Gasteiger partial charge in [0.25, 0.3) is 0 Å². The summed E-state index contributed by atoms with van der Waals surface area (Å²) in [5.74, 6) is -0.570. The number of aliphatic carboxylic acids is 1. The topological polar surface area (TPSA) is 116 Å². The quantitative estimate of drug-likeness (QED) is 0.298. The number of carboxylic acids is 1. The summed E-state index contributed by atoms with van der Waals surface area (Å²) in [4.78, 5) is 10.5. The van der Waals surface area contributed by atoms with Crippen LogP contribution < -0.4 is 4.74 Å². The minimum Gasteiger partial charge on any atom is -0.491 e. The number of halogens is 1. The molecule has 29 heavy (non-hydrogen) atoms. The monoisotopic (exact) mass is 428 g/mol. The molecule has 1 aromatic rings. The molecule has 0 amide bonds. The van der Waals surface area contributed by atoms with E-state index < -0.39 is 30.4 Å². The number of aliphatic hydroxyl groups is 3. The number of rotatable bonds is 12. The van der Waals surface area contributed by atoms with Crippen molar-refractivity contribution in [3.8, 4) is 5.75 Å². The van der Waals surface area contributed by atoms with Gasteiger partial charge in [0.2, 0.25) is 0 Å². The van der Waals surface area contributed by atoms with Crippen LogP contribution in [0.3, 0.4) is 0 Å². The Morgan fingerprint density at radius 3 is 2.76 bits per heavy atom. The van der Waals surface area contributed by atoms with Gasteiger partial charge < -0.3 is 29.9 Å². The first-order valence-corrected chi connectivity index (χ1v) is 10.2. The zero-order chi connectivity index (χ0) is 21.2. The van der Waals surface area contributed by atoms with E-state index in [1.807, 2.05) is 12.2 Å². The van der Waals surface area contributed by atoms with Crippen molar-refractivity contribution in [2.24, 2.45) is 5.92 Å². The zero-order valence-corrected chi connectivity index (χ0v) is 16.9. The van der Waals surface area contributed by atoms with Gasteiger partial charge in [-0.3, -0.25) is 4.79 Å². The molecule has 7 nitrogen and oxygen atoms in total. The lowest BCUT2D eigenvalue weighted by molar-refractivity contribution is -0.137. The molecule has 0 heterocycles. The van der Waals surface area contributed by atoms with Crippen molar-refractivity contribution >= 4 is 17.6 Å². The van der Waals surface area contributed by atoms with Gasteiger partial charge in [0.15, 0.2) is 0 Å². The summed E-state index contributed by atoms with van der Waals surface area (Å²) in [6.07, 6.45) is 2.81. The van der Waals surface area contributed by atoms with Gasteiger partial charge in [-0.1, -0.05) is 29.8 Å². The van der Waals surface area contributed by atoms with Gasteiger partial charge in [0.1, 0.15) is 18.5 Å². The first kappa shape index (κ1) is 23.6. The molecule has 1 fully saturated rings. The minimum absolute atomic E-state index is 0.0137. The van der Waals surface area contributed by atoms with Crippen LogP contribution >= 0.6 is 11.6 Å². The molecule has 0 bridgehead atoms. The summed E-state index contributed by atoms with van der Waals surface area (Å²) in [6, 6.07) is 6.85. The van der Waals surface area contributed by atoms with Crippen LogP contribution in [0.1, 0.15) is 32.1 Å². The number of aliphatic hydroxyl groups excluding tert-OH is 3. The SMILES string of the molecule is O=C(O)CCCC=CC[C@@H]1[C@@H](OC[C@@H](O)COc2cccc(Cl)c2)[C@H](O)C[C@@H]1O. The molecular weight excluding hydrogens is 400 g/mol. The molecule has 0 aromatic heterocycles. The van der Waals surface area contributed by atoms with Gasteiger partial charge >= 0.3 is 5.97 Å². The van der Waals surface area contributed by atoms with Crippen LogP contribution in [0, 0.1) is 5.92 Å². The number of benzene rings is 1. The Morgan fingerprint density at radius 2 is 2.03 bits per heavy atom. The molecule has 1 aliphatic carbocycles. The van der Waals surface area contributed by atoms with Gasteiger partial charge in [-0.25, -0.2) is 0 Å². The van der Waals surface area contributed by atoms with Crippen LogP contribution in [0.25, 0.3) is 0 Å². The molecule has 8 heteroatoms.